The summed E-state index contributed by atoms with van der Waals surface area (Å²) in [7, 11) is 0. The van der Waals surface area contributed by atoms with Gasteiger partial charge >= 0.3 is 12.1 Å². The van der Waals surface area contributed by atoms with E-state index in [1.807, 2.05) is 35.2 Å². The van der Waals surface area contributed by atoms with Gasteiger partial charge in [0.25, 0.3) is 5.91 Å². The summed E-state index contributed by atoms with van der Waals surface area (Å²) in [4.78, 5) is 66.7. The number of esters is 1. The molecule has 1 aromatic heterocycles. The molecule has 244 valence electrons. The first-order valence-electron chi connectivity index (χ1n) is 15.5. The molecule has 2 aromatic rings. The molecule has 2 aliphatic rings. The molecular weight excluding hydrogens is 580 g/mol. The maximum atomic E-state index is 13.8. The highest BCUT2D eigenvalue weighted by Crippen LogP contribution is 2.24. The molecule has 2 saturated heterocycles. The van der Waals surface area contributed by atoms with Gasteiger partial charge in [-0.1, -0.05) is 30.3 Å². The predicted molar refractivity (Wildman–Crippen MR) is 166 cm³/mol. The molecule has 0 spiro atoms. The minimum atomic E-state index is -1.04. The van der Waals surface area contributed by atoms with E-state index in [9.17, 15) is 24.3 Å². The number of hydrogen-bond acceptors (Lipinski definition) is 10. The van der Waals surface area contributed by atoms with Gasteiger partial charge in [-0.25, -0.2) is 14.8 Å². The van der Waals surface area contributed by atoms with Crippen LogP contribution in [0.2, 0.25) is 0 Å². The second kappa shape index (κ2) is 15.2. The summed E-state index contributed by atoms with van der Waals surface area (Å²) in [5, 5.41) is 12.8. The lowest BCUT2D eigenvalue weighted by Crippen LogP contribution is -2.56. The fourth-order valence-electron chi connectivity index (χ4n) is 5.21. The third-order valence-electron chi connectivity index (χ3n) is 7.54. The minimum absolute atomic E-state index is 0.0189. The topological polar surface area (TPSA) is 154 Å². The lowest BCUT2D eigenvalue weighted by atomic mass is 10.1. The Balaban J connectivity index is 1.56. The van der Waals surface area contributed by atoms with E-state index >= 15 is 0 Å². The first-order chi connectivity index (χ1) is 21.4. The molecule has 3 amide bonds. The van der Waals surface area contributed by atoms with Crippen molar-refractivity contribution in [3.05, 3.63) is 42.1 Å². The first kappa shape index (κ1) is 33.6. The maximum Gasteiger partial charge on any atom is 0.409 e. The standard InChI is InChI=1S/C32H44N6O7/c1-5-44-31(43)38-19-17-37(18-20-38)30(42)24(11-12-27(40)45-32(2,3)4)34-29(41)25-21-26(36-15-13-23(39)14-16-36)35-28(33-25)22-9-7-6-8-10-22/h6-10,21,23-24,39H,5,11-20H2,1-4H3,(H,34,41). The smallest absolute Gasteiger partial charge is 0.409 e. The summed E-state index contributed by atoms with van der Waals surface area (Å²) >= 11 is 0. The maximum absolute atomic E-state index is 13.8. The summed E-state index contributed by atoms with van der Waals surface area (Å²) in [6.45, 7) is 9.51. The monoisotopic (exact) mass is 624 g/mol. The number of carbonyl (C=O) groups excluding carboxylic acids is 4. The number of piperidine rings is 1. The Morgan fingerprint density at radius 1 is 0.978 bits per heavy atom. The molecule has 45 heavy (non-hydrogen) atoms. The van der Waals surface area contributed by atoms with Gasteiger partial charge in [-0.05, 0) is 47.0 Å². The molecule has 13 nitrogen and oxygen atoms in total. The van der Waals surface area contributed by atoms with Crippen LogP contribution in [0.3, 0.4) is 0 Å². The number of amides is 3. The normalized spacial score (nSPS) is 16.6. The van der Waals surface area contributed by atoms with Gasteiger partial charge in [0.2, 0.25) is 5.91 Å². The lowest BCUT2D eigenvalue weighted by Gasteiger charge is -2.36. The largest absolute Gasteiger partial charge is 0.460 e. The van der Waals surface area contributed by atoms with Crippen LogP contribution in [0.15, 0.2) is 36.4 Å². The number of benzene rings is 1. The quantitative estimate of drug-likeness (QED) is 0.398. The van der Waals surface area contributed by atoms with E-state index in [0.717, 1.165) is 5.56 Å². The Morgan fingerprint density at radius 2 is 1.62 bits per heavy atom. The third kappa shape index (κ3) is 9.61. The molecule has 0 radical (unpaired) electrons. The van der Waals surface area contributed by atoms with Crippen LogP contribution in [0.4, 0.5) is 10.6 Å². The predicted octanol–water partition coefficient (Wildman–Crippen LogP) is 2.63. The fraction of sp³-hybridized carbons (Fsp3) is 0.562. The van der Waals surface area contributed by atoms with Crippen molar-refractivity contribution in [2.24, 2.45) is 0 Å². The van der Waals surface area contributed by atoms with Gasteiger partial charge in [-0.15, -0.1) is 0 Å². The zero-order valence-electron chi connectivity index (χ0n) is 26.5. The Kier molecular flexibility index (Phi) is 11.3. The van der Waals surface area contributed by atoms with Gasteiger partial charge in [-0.3, -0.25) is 14.4 Å². The number of aliphatic hydroxyl groups excluding tert-OH is 1. The highest BCUT2D eigenvalue weighted by molar-refractivity contribution is 5.97. The zero-order chi connectivity index (χ0) is 32.6. The van der Waals surface area contributed by atoms with Gasteiger partial charge in [0, 0.05) is 57.3 Å². The van der Waals surface area contributed by atoms with Crippen molar-refractivity contribution in [2.75, 3.05) is 50.8 Å². The number of aliphatic hydroxyl groups is 1. The Bertz CT molecular complexity index is 1330. The lowest BCUT2D eigenvalue weighted by molar-refractivity contribution is -0.155. The van der Waals surface area contributed by atoms with Crippen LogP contribution in [-0.2, 0) is 19.1 Å². The number of hydrogen-bond donors (Lipinski definition) is 2. The van der Waals surface area contributed by atoms with Gasteiger partial charge in [0.15, 0.2) is 5.82 Å². The van der Waals surface area contributed by atoms with Crippen LogP contribution < -0.4 is 10.2 Å². The number of ether oxygens (including phenoxy) is 2. The van der Waals surface area contributed by atoms with Gasteiger partial charge in [-0.2, -0.15) is 0 Å². The molecular formula is C32H44N6O7. The highest BCUT2D eigenvalue weighted by atomic mass is 16.6. The van der Waals surface area contributed by atoms with Crippen LogP contribution in [0.1, 0.15) is 63.9 Å². The number of aromatic nitrogens is 2. The summed E-state index contributed by atoms with van der Waals surface area (Å²) < 4.78 is 10.5. The number of piperazine rings is 1. The fourth-order valence-corrected chi connectivity index (χ4v) is 5.21. The van der Waals surface area contributed by atoms with E-state index in [4.69, 9.17) is 14.5 Å². The average molecular weight is 625 g/mol. The summed E-state index contributed by atoms with van der Waals surface area (Å²) in [6, 6.07) is 9.84. The van der Waals surface area contributed by atoms with Crippen LogP contribution in [0.25, 0.3) is 11.4 Å². The first-order valence-corrected chi connectivity index (χ1v) is 15.5. The van der Waals surface area contributed by atoms with Crippen LogP contribution in [0, 0.1) is 0 Å². The summed E-state index contributed by atoms with van der Waals surface area (Å²) in [6.07, 6.45) is 0.280. The van der Waals surface area contributed by atoms with E-state index in [0.29, 0.717) is 37.6 Å². The minimum Gasteiger partial charge on any atom is -0.460 e. The number of anilines is 1. The molecule has 1 unspecified atom stereocenters. The van der Waals surface area contributed by atoms with Crippen LogP contribution in [-0.4, -0.2) is 112 Å². The molecule has 13 heteroatoms. The molecule has 3 heterocycles. The van der Waals surface area contributed by atoms with E-state index in [1.165, 1.54) is 4.90 Å². The van der Waals surface area contributed by atoms with Crippen molar-refractivity contribution in [2.45, 2.75) is 71.1 Å². The average Bonchev–Trinajstić information content (AvgIpc) is 3.02. The van der Waals surface area contributed by atoms with Gasteiger partial charge in [0.05, 0.1) is 12.7 Å². The summed E-state index contributed by atoms with van der Waals surface area (Å²) in [5.74, 6) is -0.521. The van der Waals surface area contributed by atoms with Crippen molar-refractivity contribution in [1.29, 1.82) is 0 Å². The molecule has 4 rings (SSSR count). The van der Waals surface area contributed by atoms with E-state index in [-0.39, 0.29) is 63.3 Å². The third-order valence-corrected chi connectivity index (χ3v) is 7.54. The Morgan fingerprint density at radius 3 is 2.24 bits per heavy atom. The van der Waals surface area contributed by atoms with Crippen molar-refractivity contribution in [3.8, 4) is 11.4 Å². The molecule has 2 aliphatic heterocycles. The molecule has 0 saturated carbocycles. The summed E-state index contributed by atoms with van der Waals surface area (Å²) in [5.41, 5.74) is 0.105. The van der Waals surface area contributed by atoms with Crippen LogP contribution >= 0.6 is 0 Å². The number of rotatable bonds is 9. The SMILES string of the molecule is CCOC(=O)N1CCN(C(=O)C(CCC(=O)OC(C)(C)C)NC(=O)c2cc(N3CCC(O)CC3)nc(-c3ccccc3)n2)CC1. The molecule has 1 atom stereocenters. The van der Waals surface area contributed by atoms with Crippen molar-refractivity contribution >= 4 is 29.7 Å². The highest BCUT2D eigenvalue weighted by Gasteiger charge is 2.32. The Hall–Kier alpha value is -4.26. The zero-order valence-corrected chi connectivity index (χ0v) is 26.5. The molecule has 0 bridgehead atoms. The second-order valence-electron chi connectivity index (χ2n) is 12.2. The molecule has 1 aromatic carbocycles. The molecule has 2 fully saturated rings. The van der Waals surface area contributed by atoms with Crippen molar-refractivity contribution in [3.63, 3.8) is 0 Å². The van der Waals surface area contributed by atoms with Crippen molar-refractivity contribution < 1.29 is 33.8 Å². The number of nitrogens with zero attached hydrogens (tertiary/aromatic N) is 5. The second-order valence-corrected chi connectivity index (χ2v) is 12.2. The molecule has 0 aliphatic carbocycles. The number of nitrogens with one attached hydrogen (secondary N) is 1. The van der Waals surface area contributed by atoms with Crippen LogP contribution in [0.5, 0.6) is 0 Å². The number of carbonyl (C=O) groups is 4. The van der Waals surface area contributed by atoms with Gasteiger partial charge < -0.3 is 34.6 Å². The van der Waals surface area contributed by atoms with E-state index in [2.05, 4.69) is 10.3 Å². The van der Waals surface area contributed by atoms with Gasteiger partial charge in [0.1, 0.15) is 23.2 Å². The van der Waals surface area contributed by atoms with Crippen molar-refractivity contribution in [1.82, 2.24) is 25.1 Å². The molecule has 2 N–H and O–H groups in total. The van der Waals surface area contributed by atoms with E-state index < -0.39 is 29.6 Å². The Labute approximate surface area is 263 Å². The van der Waals surface area contributed by atoms with E-state index in [1.54, 1.807) is 38.7 Å².